The molecule has 1 aliphatic heterocycles. The lowest BCUT2D eigenvalue weighted by Gasteiger charge is -2.32. The van der Waals surface area contributed by atoms with Crippen molar-refractivity contribution in [2.75, 3.05) is 33.3 Å². The van der Waals surface area contributed by atoms with E-state index in [2.05, 4.69) is 31.8 Å². The van der Waals surface area contributed by atoms with Gasteiger partial charge >= 0.3 is 6.61 Å². The molecule has 1 saturated heterocycles. The first kappa shape index (κ1) is 22.9. The van der Waals surface area contributed by atoms with Crippen molar-refractivity contribution in [3.63, 3.8) is 0 Å². The largest absolute Gasteiger partial charge is 0.493 e. The highest BCUT2D eigenvalue weighted by Crippen LogP contribution is 2.26. The van der Waals surface area contributed by atoms with Gasteiger partial charge in [-0.1, -0.05) is 13.0 Å². The SMILES string of the molecule is C=CCN1CCC(NC(=NC)NCc2ccc(OCCC)cc2OC(F)F)CC1. The third kappa shape index (κ3) is 7.89. The van der Waals surface area contributed by atoms with E-state index < -0.39 is 6.61 Å². The summed E-state index contributed by atoms with van der Waals surface area (Å²) in [5.74, 6) is 1.26. The third-order valence-electron chi connectivity index (χ3n) is 4.71. The summed E-state index contributed by atoms with van der Waals surface area (Å²) in [5.41, 5.74) is 0.609. The van der Waals surface area contributed by atoms with Gasteiger partial charge in [0.25, 0.3) is 0 Å². The van der Waals surface area contributed by atoms with Crippen molar-refractivity contribution in [1.29, 1.82) is 0 Å². The number of benzene rings is 1. The molecular formula is C21H32F2N4O2. The van der Waals surface area contributed by atoms with Crippen LogP contribution >= 0.6 is 0 Å². The molecule has 1 aromatic rings. The minimum Gasteiger partial charge on any atom is -0.493 e. The van der Waals surface area contributed by atoms with Crippen LogP contribution in [0.25, 0.3) is 0 Å². The van der Waals surface area contributed by atoms with E-state index in [0.29, 0.717) is 36.5 Å². The zero-order valence-electron chi connectivity index (χ0n) is 17.3. The second kappa shape index (κ2) is 12.3. The molecule has 2 N–H and O–H groups in total. The van der Waals surface area contributed by atoms with Crippen molar-refractivity contribution in [3.05, 3.63) is 36.4 Å². The lowest BCUT2D eigenvalue weighted by atomic mass is 10.1. The van der Waals surface area contributed by atoms with Gasteiger partial charge in [0, 0.05) is 50.9 Å². The van der Waals surface area contributed by atoms with Gasteiger partial charge in [-0.05, 0) is 31.4 Å². The van der Waals surface area contributed by atoms with Crippen LogP contribution in [0.2, 0.25) is 0 Å². The first-order valence-electron chi connectivity index (χ1n) is 10.1. The van der Waals surface area contributed by atoms with E-state index >= 15 is 0 Å². The van der Waals surface area contributed by atoms with Crippen LogP contribution in [0.1, 0.15) is 31.7 Å². The summed E-state index contributed by atoms with van der Waals surface area (Å²) in [4.78, 5) is 6.61. The van der Waals surface area contributed by atoms with Gasteiger partial charge in [-0.25, -0.2) is 0 Å². The summed E-state index contributed by atoms with van der Waals surface area (Å²) >= 11 is 0. The van der Waals surface area contributed by atoms with Gasteiger partial charge in [-0.2, -0.15) is 8.78 Å². The van der Waals surface area contributed by atoms with Crippen LogP contribution in [-0.2, 0) is 6.54 Å². The number of aliphatic imine (C=N–C) groups is 1. The van der Waals surface area contributed by atoms with Gasteiger partial charge in [-0.3, -0.25) is 9.89 Å². The minimum atomic E-state index is -2.90. The maximum atomic E-state index is 12.8. The molecule has 1 heterocycles. The number of ether oxygens (including phenoxy) is 2. The Labute approximate surface area is 172 Å². The standard InChI is InChI=1S/C21H32F2N4O2/c1-4-10-27-11-8-17(9-12-27)26-21(24-3)25-15-16-6-7-18(28-13-5-2)14-19(16)29-20(22)23/h4,6-7,14,17,20H,1,5,8-13,15H2,2-3H3,(H2,24,25,26). The smallest absolute Gasteiger partial charge is 0.387 e. The average molecular weight is 411 g/mol. The molecule has 0 bridgehead atoms. The molecule has 0 spiro atoms. The first-order valence-corrected chi connectivity index (χ1v) is 10.1. The maximum Gasteiger partial charge on any atom is 0.387 e. The molecule has 29 heavy (non-hydrogen) atoms. The molecule has 1 aliphatic rings. The van der Waals surface area contributed by atoms with Crippen LogP contribution in [0, 0.1) is 0 Å². The van der Waals surface area contributed by atoms with Crippen molar-refractivity contribution in [3.8, 4) is 11.5 Å². The van der Waals surface area contributed by atoms with Gasteiger partial charge in [0.15, 0.2) is 5.96 Å². The van der Waals surface area contributed by atoms with E-state index in [1.54, 1.807) is 19.2 Å². The molecular weight excluding hydrogens is 378 g/mol. The number of hydrogen-bond acceptors (Lipinski definition) is 4. The second-order valence-electron chi connectivity index (χ2n) is 6.93. The molecule has 6 nitrogen and oxygen atoms in total. The number of guanidine groups is 1. The fourth-order valence-corrected chi connectivity index (χ4v) is 3.21. The molecule has 162 valence electrons. The number of piperidine rings is 1. The Kier molecular flexibility index (Phi) is 9.70. The van der Waals surface area contributed by atoms with Crippen molar-refractivity contribution >= 4 is 5.96 Å². The fraction of sp³-hybridized carbons (Fsp3) is 0.571. The Hall–Kier alpha value is -2.35. The average Bonchev–Trinajstić information content (AvgIpc) is 2.71. The van der Waals surface area contributed by atoms with Crippen molar-refractivity contribution in [2.24, 2.45) is 4.99 Å². The van der Waals surface area contributed by atoms with Gasteiger partial charge in [0.05, 0.1) is 6.61 Å². The zero-order valence-corrected chi connectivity index (χ0v) is 17.3. The molecule has 0 atom stereocenters. The van der Waals surface area contributed by atoms with E-state index in [4.69, 9.17) is 4.74 Å². The van der Waals surface area contributed by atoms with E-state index in [1.165, 1.54) is 6.07 Å². The maximum absolute atomic E-state index is 12.8. The quantitative estimate of drug-likeness (QED) is 0.352. The van der Waals surface area contributed by atoms with Crippen LogP contribution in [-0.4, -0.2) is 56.8 Å². The molecule has 0 saturated carbocycles. The summed E-state index contributed by atoms with van der Waals surface area (Å²) in [5, 5.41) is 6.60. The van der Waals surface area contributed by atoms with Gasteiger partial charge < -0.3 is 20.1 Å². The topological polar surface area (TPSA) is 58.1 Å². The molecule has 2 rings (SSSR count). The second-order valence-corrected chi connectivity index (χ2v) is 6.93. The number of nitrogens with zero attached hydrogens (tertiary/aromatic N) is 2. The van der Waals surface area contributed by atoms with E-state index in [0.717, 1.165) is 38.9 Å². The van der Waals surface area contributed by atoms with Crippen LogP contribution < -0.4 is 20.1 Å². The van der Waals surface area contributed by atoms with Crippen LogP contribution in [0.3, 0.4) is 0 Å². The summed E-state index contributed by atoms with van der Waals surface area (Å²) < 4.78 is 35.8. The summed E-state index contributed by atoms with van der Waals surface area (Å²) in [6.45, 7) is 6.62. The minimum absolute atomic E-state index is 0.106. The van der Waals surface area contributed by atoms with E-state index in [-0.39, 0.29) is 5.75 Å². The molecule has 0 aromatic heterocycles. The summed E-state index contributed by atoms with van der Waals surface area (Å²) in [7, 11) is 1.69. The molecule has 0 unspecified atom stereocenters. The number of hydrogen-bond donors (Lipinski definition) is 2. The Morgan fingerprint density at radius 2 is 2.14 bits per heavy atom. The zero-order chi connectivity index (χ0) is 21.1. The first-order chi connectivity index (χ1) is 14.0. The molecule has 1 aromatic carbocycles. The number of rotatable bonds is 10. The summed E-state index contributed by atoms with van der Waals surface area (Å²) in [6.07, 6.45) is 4.78. The van der Waals surface area contributed by atoms with Crippen LogP contribution in [0.15, 0.2) is 35.8 Å². The number of nitrogens with one attached hydrogen (secondary N) is 2. The van der Waals surface area contributed by atoms with Gasteiger partial charge in [0.2, 0.25) is 0 Å². The van der Waals surface area contributed by atoms with E-state index in [9.17, 15) is 8.78 Å². The van der Waals surface area contributed by atoms with Crippen molar-refractivity contribution in [1.82, 2.24) is 15.5 Å². The molecule has 0 radical (unpaired) electrons. The lowest BCUT2D eigenvalue weighted by molar-refractivity contribution is -0.0505. The van der Waals surface area contributed by atoms with Crippen molar-refractivity contribution in [2.45, 2.75) is 45.4 Å². The van der Waals surface area contributed by atoms with Gasteiger partial charge in [0.1, 0.15) is 11.5 Å². The Morgan fingerprint density at radius 3 is 2.76 bits per heavy atom. The monoisotopic (exact) mass is 410 g/mol. The summed E-state index contributed by atoms with van der Waals surface area (Å²) in [6, 6.07) is 5.32. The highest BCUT2D eigenvalue weighted by Gasteiger charge is 2.19. The molecule has 0 amide bonds. The fourth-order valence-electron chi connectivity index (χ4n) is 3.21. The van der Waals surface area contributed by atoms with Gasteiger partial charge in [-0.15, -0.1) is 6.58 Å². The molecule has 0 aliphatic carbocycles. The molecule has 1 fully saturated rings. The molecule has 8 heteroatoms. The Morgan fingerprint density at radius 1 is 1.38 bits per heavy atom. The normalized spacial score (nSPS) is 16.0. The van der Waals surface area contributed by atoms with Crippen molar-refractivity contribution < 1.29 is 18.3 Å². The van der Waals surface area contributed by atoms with E-state index in [1.807, 2.05) is 13.0 Å². The predicted molar refractivity (Wildman–Crippen MR) is 112 cm³/mol. The Bertz CT molecular complexity index is 662. The highest BCUT2D eigenvalue weighted by molar-refractivity contribution is 5.80. The number of alkyl halides is 2. The third-order valence-corrected chi connectivity index (χ3v) is 4.71. The highest BCUT2D eigenvalue weighted by atomic mass is 19.3. The Balaban J connectivity index is 1.93. The lowest BCUT2D eigenvalue weighted by Crippen LogP contribution is -2.48. The van der Waals surface area contributed by atoms with Crippen LogP contribution in [0.5, 0.6) is 11.5 Å². The predicted octanol–water partition coefficient (Wildman–Crippen LogP) is 3.39. The number of halogens is 2. The van der Waals surface area contributed by atoms with Crippen LogP contribution in [0.4, 0.5) is 8.78 Å². The number of likely N-dealkylation sites (tertiary alicyclic amines) is 1.